The average molecular weight is 301 g/mol. The number of hydrogen-bond acceptors (Lipinski definition) is 3. The van der Waals surface area contributed by atoms with Gasteiger partial charge in [-0.2, -0.15) is 11.8 Å². The average Bonchev–Trinajstić information content (AvgIpc) is 2.42. The van der Waals surface area contributed by atoms with E-state index in [1.54, 1.807) is 23.9 Å². The first-order valence-electron chi connectivity index (χ1n) is 6.67. The fraction of sp³-hybridized carbons (Fsp3) is 0.571. The lowest BCUT2D eigenvalue weighted by Crippen LogP contribution is -2.25. The van der Waals surface area contributed by atoms with Gasteiger partial charge in [0.2, 0.25) is 10.0 Å². The van der Waals surface area contributed by atoms with Crippen molar-refractivity contribution >= 4 is 21.8 Å². The molecule has 19 heavy (non-hydrogen) atoms. The van der Waals surface area contributed by atoms with E-state index in [4.69, 9.17) is 0 Å². The Balaban J connectivity index is 2.58. The second kappa shape index (κ2) is 8.61. The van der Waals surface area contributed by atoms with Gasteiger partial charge in [0.05, 0.1) is 4.90 Å². The molecule has 0 fully saturated rings. The lowest BCUT2D eigenvalue weighted by molar-refractivity contribution is 0.581. The van der Waals surface area contributed by atoms with E-state index in [9.17, 15) is 8.42 Å². The molecule has 0 saturated heterocycles. The number of thioether (sulfide) groups is 1. The molecule has 1 aromatic rings. The Kier molecular flexibility index (Phi) is 7.49. The fourth-order valence-corrected chi connectivity index (χ4v) is 3.23. The van der Waals surface area contributed by atoms with Crippen molar-refractivity contribution in [3.8, 4) is 0 Å². The van der Waals surface area contributed by atoms with Gasteiger partial charge < -0.3 is 0 Å². The largest absolute Gasteiger partial charge is 0.240 e. The fourth-order valence-electron chi connectivity index (χ4n) is 1.72. The van der Waals surface area contributed by atoms with Crippen LogP contribution in [0.2, 0.25) is 0 Å². The Hall–Kier alpha value is -0.520. The van der Waals surface area contributed by atoms with E-state index in [0.717, 1.165) is 31.4 Å². The Labute approximate surface area is 121 Å². The molecular formula is C14H23NO2S2. The van der Waals surface area contributed by atoms with E-state index in [-0.39, 0.29) is 0 Å². The molecule has 0 spiro atoms. The van der Waals surface area contributed by atoms with E-state index < -0.39 is 10.0 Å². The minimum Gasteiger partial charge on any atom is -0.211 e. The summed E-state index contributed by atoms with van der Waals surface area (Å²) in [7, 11) is -3.34. The third kappa shape index (κ3) is 5.97. The SMILES string of the molecule is CCCCc1ccc(S(=O)(=O)NCCCSC)cc1. The molecule has 0 unspecified atom stereocenters. The number of benzene rings is 1. The van der Waals surface area contributed by atoms with Crippen LogP contribution in [0.25, 0.3) is 0 Å². The molecule has 1 aromatic carbocycles. The van der Waals surface area contributed by atoms with Crippen molar-refractivity contribution in [2.24, 2.45) is 0 Å². The summed E-state index contributed by atoms with van der Waals surface area (Å²) in [4.78, 5) is 0.358. The maximum Gasteiger partial charge on any atom is 0.240 e. The van der Waals surface area contributed by atoms with Gasteiger partial charge in [-0.1, -0.05) is 25.5 Å². The van der Waals surface area contributed by atoms with Crippen LogP contribution < -0.4 is 4.72 Å². The molecular weight excluding hydrogens is 278 g/mol. The second-order valence-electron chi connectivity index (χ2n) is 4.49. The van der Waals surface area contributed by atoms with Crippen molar-refractivity contribution in [2.45, 2.75) is 37.5 Å². The molecule has 0 aromatic heterocycles. The third-order valence-corrected chi connectivity index (χ3v) is 5.04. The maximum atomic E-state index is 12.0. The summed E-state index contributed by atoms with van der Waals surface area (Å²) in [6.45, 7) is 2.65. The number of sulfonamides is 1. The minimum atomic E-state index is -3.34. The third-order valence-electron chi connectivity index (χ3n) is 2.87. The molecule has 5 heteroatoms. The predicted octanol–water partition coefficient (Wildman–Crippen LogP) is 3.06. The summed E-state index contributed by atoms with van der Waals surface area (Å²) in [6, 6.07) is 7.21. The molecule has 0 aliphatic rings. The standard InChI is InChI=1S/C14H23NO2S2/c1-3-4-6-13-7-9-14(10-8-13)19(16,17)15-11-5-12-18-2/h7-10,15H,3-6,11-12H2,1-2H3. The summed E-state index contributed by atoms with van der Waals surface area (Å²) < 4.78 is 26.6. The molecule has 0 heterocycles. The number of rotatable bonds is 9. The van der Waals surface area contributed by atoms with E-state index in [0.29, 0.717) is 11.4 Å². The van der Waals surface area contributed by atoms with E-state index in [2.05, 4.69) is 11.6 Å². The Morgan fingerprint density at radius 2 is 1.84 bits per heavy atom. The summed E-state index contributed by atoms with van der Waals surface area (Å²) in [5.74, 6) is 0.971. The highest BCUT2D eigenvalue weighted by Crippen LogP contribution is 2.12. The van der Waals surface area contributed by atoms with Crippen LogP contribution in [0.4, 0.5) is 0 Å². The zero-order valence-electron chi connectivity index (χ0n) is 11.7. The zero-order chi connectivity index (χ0) is 14.1. The van der Waals surface area contributed by atoms with Crippen molar-refractivity contribution < 1.29 is 8.42 Å². The highest BCUT2D eigenvalue weighted by molar-refractivity contribution is 7.98. The van der Waals surface area contributed by atoms with Crippen LogP contribution in [0.15, 0.2) is 29.2 Å². The summed E-state index contributed by atoms with van der Waals surface area (Å²) in [5.41, 5.74) is 1.20. The molecule has 0 saturated carbocycles. The van der Waals surface area contributed by atoms with Gasteiger partial charge in [0.15, 0.2) is 0 Å². The number of aryl methyl sites for hydroxylation is 1. The minimum absolute atomic E-state index is 0.358. The molecule has 1 N–H and O–H groups in total. The molecule has 1 rings (SSSR count). The summed E-state index contributed by atoms with van der Waals surface area (Å²) in [5, 5.41) is 0. The van der Waals surface area contributed by atoms with Crippen LogP contribution >= 0.6 is 11.8 Å². The zero-order valence-corrected chi connectivity index (χ0v) is 13.3. The first-order chi connectivity index (χ1) is 9.10. The lowest BCUT2D eigenvalue weighted by atomic mass is 10.1. The van der Waals surface area contributed by atoms with Crippen LogP contribution in [0.5, 0.6) is 0 Å². The van der Waals surface area contributed by atoms with Crippen molar-refractivity contribution in [3.63, 3.8) is 0 Å². The van der Waals surface area contributed by atoms with Gasteiger partial charge in [0, 0.05) is 6.54 Å². The van der Waals surface area contributed by atoms with Crippen LogP contribution in [0, 0.1) is 0 Å². The van der Waals surface area contributed by atoms with Crippen LogP contribution in [-0.4, -0.2) is 27.0 Å². The van der Waals surface area contributed by atoms with Gasteiger partial charge in [0.1, 0.15) is 0 Å². The van der Waals surface area contributed by atoms with Crippen molar-refractivity contribution in [1.82, 2.24) is 4.72 Å². The Morgan fingerprint density at radius 3 is 2.42 bits per heavy atom. The van der Waals surface area contributed by atoms with Crippen molar-refractivity contribution in [3.05, 3.63) is 29.8 Å². The topological polar surface area (TPSA) is 46.2 Å². The number of hydrogen-bond donors (Lipinski definition) is 1. The quantitative estimate of drug-likeness (QED) is 0.713. The molecule has 0 atom stereocenters. The van der Waals surface area contributed by atoms with Crippen molar-refractivity contribution in [2.75, 3.05) is 18.6 Å². The van der Waals surface area contributed by atoms with Gasteiger partial charge in [-0.25, -0.2) is 13.1 Å². The Morgan fingerprint density at radius 1 is 1.16 bits per heavy atom. The summed E-state index contributed by atoms with van der Waals surface area (Å²) >= 11 is 1.72. The lowest BCUT2D eigenvalue weighted by Gasteiger charge is -2.07. The van der Waals surface area contributed by atoms with Gasteiger partial charge in [-0.15, -0.1) is 0 Å². The maximum absolute atomic E-state index is 12.0. The van der Waals surface area contributed by atoms with Crippen LogP contribution in [0.3, 0.4) is 0 Å². The van der Waals surface area contributed by atoms with Gasteiger partial charge in [-0.05, 0) is 49.0 Å². The van der Waals surface area contributed by atoms with Gasteiger partial charge >= 0.3 is 0 Å². The molecule has 0 radical (unpaired) electrons. The molecule has 108 valence electrons. The highest BCUT2D eigenvalue weighted by atomic mass is 32.2. The van der Waals surface area contributed by atoms with Gasteiger partial charge in [0.25, 0.3) is 0 Å². The first-order valence-corrected chi connectivity index (χ1v) is 9.55. The Bertz CT molecular complexity index is 455. The van der Waals surface area contributed by atoms with E-state index in [1.807, 2.05) is 18.4 Å². The highest BCUT2D eigenvalue weighted by Gasteiger charge is 2.12. The molecule has 3 nitrogen and oxygen atoms in total. The number of unbranched alkanes of at least 4 members (excludes halogenated alkanes) is 1. The van der Waals surface area contributed by atoms with Crippen LogP contribution in [-0.2, 0) is 16.4 Å². The normalized spacial score (nSPS) is 11.7. The number of nitrogens with one attached hydrogen (secondary N) is 1. The smallest absolute Gasteiger partial charge is 0.211 e. The molecule has 0 bridgehead atoms. The molecule has 0 aliphatic heterocycles. The van der Waals surface area contributed by atoms with Gasteiger partial charge in [-0.3, -0.25) is 0 Å². The second-order valence-corrected chi connectivity index (χ2v) is 7.24. The molecule has 0 aliphatic carbocycles. The van der Waals surface area contributed by atoms with Crippen molar-refractivity contribution in [1.29, 1.82) is 0 Å². The molecule has 0 amide bonds. The van der Waals surface area contributed by atoms with E-state index >= 15 is 0 Å². The van der Waals surface area contributed by atoms with E-state index in [1.165, 1.54) is 5.56 Å². The monoisotopic (exact) mass is 301 g/mol. The predicted molar refractivity (Wildman–Crippen MR) is 83.2 cm³/mol. The first kappa shape index (κ1) is 16.5. The summed E-state index contributed by atoms with van der Waals surface area (Å²) in [6.07, 6.45) is 6.17. The van der Waals surface area contributed by atoms with Crippen LogP contribution in [0.1, 0.15) is 31.7 Å².